The fourth-order valence-electron chi connectivity index (χ4n) is 5.74. The fourth-order valence-corrected chi connectivity index (χ4v) is 7.54. The van der Waals surface area contributed by atoms with Gasteiger partial charge in [-0.1, -0.05) is 49.6 Å². The van der Waals surface area contributed by atoms with Crippen LogP contribution >= 0.6 is 0 Å². The van der Waals surface area contributed by atoms with Gasteiger partial charge in [0.15, 0.2) is 12.4 Å². The standard InChI is InChI=1S/C27H42N2O20S4/c30-22(28-20-12-5-2-6-13-20)17-29(23(31)14-7-11-19-9-3-1-4-10-19)15-8-16-44-27-26(49-53(41,42)43)25(48-52(38,39)40)24(47-51(35,36)37)21(46-27)18-45-50(32,33)34/h1,3-4,9-10,20-21,24-27H,2,5-8,11-18H2,(H,28,30)(H,32,33,34)(H,35,36,37)(H,38,39,40)(H,41,42,43)/t21-,24-,25+,26+,27+/m1/s1. The summed E-state index contributed by atoms with van der Waals surface area (Å²) in [7, 11) is -22.3. The molecule has 1 saturated heterocycles. The summed E-state index contributed by atoms with van der Waals surface area (Å²) in [5, 5.41) is 2.92. The summed E-state index contributed by atoms with van der Waals surface area (Å²) in [5.74, 6) is -0.807. The number of ether oxygens (including phenoxy) is 2. The number of carbonyl (C=O) groups is 2. The van der Waals surface area contributed by atoms with Gasteiger partial charge in [-0.2, -0.15) is 33.7 Å². The SMILES string of the molecule is O=C(CN(CCCO[C@H]1O[C@H](COS(=O)(=O)O)[C@@H](OS(=O)(=O)O)[C@H](OS(=O)(=O)O)[C@@H]1OS(=O)(=O)O)C(=O)CCCc1ccccc1)NC1CCCCC1. The van der Waals surface area contributed by atoms with Gasteiger partial charge >= 0.3 is 41.6 Å². The molecule has 0 aromatic heterocycles. The topological polar surface area (TPSA) is 322 Å². The lowest BCUT2D eigenvalue weighted by Crippen LogP contribution is -2.63. The van der Waals surface area contributed by atoms with E-state index < -0.39 is 97.3 Å². The monoisotopic (exact) mass is 842 g/mol. The third kappa shape index (κ3) is 17.7. The number of hydrogen-bond donors (Lipinski definition) is 5. The number of benzene rings is 1. The van der Waals surface area contributed by atoms with Crippen molar-refractivity contribution >= 4 is 53.4 Å². The summed E-state index contributed by atoms with van der Waals surface area (Å²) >= 11 is 0. The first kappa shape index (κ1) is 45.0. The summed E-state index contributed by atoms with van der Waals surface area (Å²) in [6.07, 6.45) is -7.00. The van der Waals surface area contributed by atoms with Crippen molar-refractivity contribution in [3.05, 3.63) is 35.9 Å². The first-order valence-electron chi connectivity index (χ1n) is 16.1. The second-order valence-electron chi connectivity index (χ2n) is 12.0. The molecule has 1 heterocycles. The predicted molar refractivity (Wildman–Crippen MR) is 177 cm³/mol. The van der Waals surface area contributed by atoms with Crippen LogP contribution in [-0.4, -0.2) is 132 Å². The summed E-state index contributed by atoms with van der Waals surface area (Å²) < 4.78 is 158. The zero-order valence-electron chi connectivity index (χ0n) is 27.9. The quantitative estimate of drug-likeness (QED) is 0.0790. The number of nitrogens with zero attached hydrogens (tertiary/aromatic N) is 1. The van der Waals surface area contributed by atoms with Crippen LogP contribution in [0.25, 0.3) is 0 Å². The molecular weight excluding hydrogens is 801 g/mol. The van der Waals surface area contributed by atoms with Gasteiger partial charge in [0.1, 0.15) is 18.3 Å². The molecule has 1 aromatic rings. The van der Waals surface area contributed by atoms with E-state index in [1.807, 2.05) is 30.3 Å². The third-order valence-electron chi connectivity index (χ3n) is 7.88. The Morgan fingerprint density at radius 3 is 1.94 bits per heavy atom. The summed E-state index contributed by atoms with van der Waals surface area (Å²) in [6.45, 7) is -2.44. The minimum atomic E-state index is -5.70. The molecule has 1 aliphatic carbocycles. The van der Waals surface area contributed by atoms with E-state index >= 15 is 0 Å². The molecule has 0 spiro atoms. The summed E-state index contributed by atoms with van der Waals surface area (Å²) in [6, 6.07) is 9.28. The van der Waals surface area contributed by atoms with Gasteiger partial charge in [-0.3, -0.25) is 27.8 Å². The zero-order chi connectivity index (χ0) is 39.5. The molecule has 2 aliphatic rings. The highest BCUT2D eigenvalue weighted by Gasteiger charge is 2.54. The maximum absolute atomic E-state index is 13.3. The first-order chi connectivity index (χ1) is 24.6. The molecule has 1 saturated carbocycles. The summed E-state index contributed by atoms with van der Waals surface area (Å²) in [4.78, 5) is 27.5. The molecule has 2 amide bonds. The van der Waals surface area contributed by atoms with Crippen molar-refractivity contribution in [3.8, 4) is 0 Å². The lowest BCUT2D eigenvalue weighted by Gasteiger charge is -2.43. The van der Waals surface area contributed by atoms with Crippen molar-refractivity contribution in [2.45, 2.75) is 94.5 Å². The largest absolute Gasteiger partial charge is 0.397 e. The van der Waals surface area contributed by atoms with Crippen LogP contribution in [0.15, 0.2) is 30.3 Å². The van der Waals surface area contributed by atoms with Gasteiger partial charge in [0.2, 0.25) is 11.8 Å². The zero-order valence-corrected chi connectivity index (χ0v) is 31.2. The Balaban J connectivity index is 1.80. The molecule has 0 radical (unpaired) electrons. The predicted octanol–water partition coefficient (Wildman–Crippen LogP) is -0.198. The molecule has 53 heavy (non-hydrogen) atoms. The van der Waals surface area contributed by atoms with E-state index in [1.54, 1.807) is 0 Å². The molecule has 26 heteroatoms. The number of nitrogens with one attached hydrogen (secondary N) is 1. The van der Waals surface area contributed by atoms with Gasteiger partial charge < -0.3 is 19.7 Å². The van der Waals surface area contributed by atoms with E-state index in [0.717, 1.165) is 37.7 Å². The molecular formula is C27H42N2O20S4. The molecule has 2 fully saturated rings. The minimum Gasteiger partial charge on any atom is -0.352 e. The van der Waals surface area contributed by atoms with Gasteiger partial charge in [0.05, 0.1) is 19.8 Å². The Morgan fingerprint density at radius 1 is 0.774 bits per heavy atom. The molecule has 0 bridgehead atoms. The molecule has 1 aromatic carbocycles. The van der Waals surface area contributed by atoms with Gasteiger partial charge in [-0.05, 0) is 37.7 Å². The van der Waals surface area contributed by atoms with E-state index in [9.17, 15) is 56.9 Å². The third-order valence-corrected chi connectivity index (χ3v) is 9.71. The van der Waals surface area contributed by atoms with Gasteiger partial charge in [-0.25, -0.2) is 16.7 Å². The number of rotatable bonds is 21. The molecule has 3 rings (SSSR count). The van der Waals surface area contributed by atoms with E-state index in [0.29, 0.717) is 12.8 Å². The second-order valence-corrected chi connectivity index (χ2v) is 16.2. The van der Waals surface area contributed by atoms with Crippen LogP contribution in [0.3, 0.4) is 0 Å². The average Bonchev–Trinajstić information content (AvgIpc) is 3.03. The highest BCUT2D eigenvalue weighted by atomic mass is 32.3. The van der Waals surface area contributed by atoms with Crippen molar-refractivity contribution in [3.63, 3.8) is 0 Å². The summed E-state index contributed by atoms with van der Waals surface area (Å²) in [5.41, 5.74) is 0.991. The normalized spacial score (nSPS) is 23.4. The van der Waals surface area contributed by atoms with Gasteiger partial charge in [0, 0.05) is 19.0 Å². The fraction of sp³-hybridized carbons (Fsp3) is 0.704. The Bertz CT molecular complexity index is 1790. The highest BCUT2D eigenvalue weighted by molar-refractivity contribution is 7.81. The molecule has 5 atom stereocenters. The molecule has 5 N–H and O–H groups in total. The second kappa shape index (κ2) is 19.9. The van der Waals surface area contributed by atoms with Crippen LogP contribution in [0.2, 0.25) is 0 Å². The van der Waals surface area contributed by atoms with Crippen molar-refractivity contribution in [2.24, 2.45) is 0 Å². The Morgan fingerprint density at radius 2 is 1.36 bits per heavy atom. The number of amides is 2. The van der Waals surface area contributed by atoms with Gasteiger partial charge in [0.25, 0.3) is 0 Å². The number of hydrogen-bond acceptors (Lipinski definition) is 16. The smallest absolute Gasteiger partial charge is 0.352 e. The lowest BCUT2D eigenvalue weighted by molar-refractivity contribution is -0.286. The van der Waals surface area contributed by atoms with Crippen molar-refractivity contribution in [1.29, 1.82) is 0 Å². The number of carbonyl (C=O) groups excluding carboxylic acids is 2. The Labute approximate surface area is 307 Å². The van der Waals surface area contributed by atoms with Crippen molar-refractivity contribution in [2.75, 3.05) is 26.3 Å². The van der Waals surface area contributed by atoms with E-state index in [2.05, 4.69) is 22.0 Å². The van der Waals surface area contributed by atoms with E-state index in [4.69, 9.17) is 14.0 Å². The van der Waals surface area contributed by atoms with E-state index in [1.165, 1.54) is 4.90 Å². The minimum absolute atomic E-state index is 0.0536. The maximum Gasteiger partial charge on any atom is 0.397 e. The van der Waals surface area contributed by atoms with Crippen molar-refractivity contribution in [1.82, 2.24) is 10.2 Å². The van der Waals surface area contributed by atoms with Crippen LogP contribution in [0, 0.1) is 0 Å². The average molecular weight is 843 g/mol. The Hall–Kier alpha value is -2.44. The molecule has 1 aliphatic heterocycles. The maximum atomic E-state index is 13.3. The van der Waals surface area contributed by atoms with Crippen LogP contribution in [0.5, 0.6) is 0 Å². The molecule has 304 valence electrons. The van der Waals surface area contributed by atoms with E-state index in [-0.39, 0.29) is 32.0 Å². The van der Waals surface area contributed by atoms with Crippen LogP contribution in [0.4, 0.5) is 0 Å². The van der Waals surface area contributed by atoms with Crippen LogP contribution in [-0.2, 0) is 83.8 Å². The van der Waals surface area contributed by atoms with Crippen LogP contribution in [0.1, 0.15) is 56.9 Å². The first-order valence-corrected chi connectivity index (χ1v) is 21.5. The molecule has 22 nitrogen and oxygen atoms in total. The number of aryl methyl sites for hydroxylation is 1. The van der Waals surface area contributed by atoms with Gasteiger partial charge in [-0.15, -0.1) is 0 Å². The van der Waals surface area contributed by atoms with Crippen LogP contribution < -0.4 is 5.32 Å². The Kier molecular flexibility index (Phi) is 16.9. The highest BCUT2D eigenvalue weighted by Crippen LogP contribution is 2.32. The molecule has 0 unspecified atom stereocenters. The van der Waals surface area contributed by atoms with Crippen molar-refractivity contribution < 1.29 is 87.7 Å². The lowest BCUT2D eigenvalue weighted by atomic mass is 9.95.